The van der Waals surface area contributed by atoms with E-state index >= 15 is 0 Å². The van der Waals surface area contributed by atoms with Gasteiger partial charge in [0.25, 0.3) is 0 Å². The fourth-order valence-electron chi connectivity index (χ4n) is 3.10. The van der Waals surface area contributed by atoms with Gasteiger partial charge in [-0.1, -0.05) is 0 Å². The van der Waals surface area contributed by atoms with Crippen molar-refractivity contribution in [2.45, 2.75) is 32.3 Å². The number of aliphatic imine (C=N–C) groups is 1. The van der Waals surface area contributed by atoms with E-state index in [2.05, 4.69) is 4.99 Å². The molecule has 1 amide bonds. The third-order valence-electron chi connectivity index (χ3n) is 4.81. The Balaban J connectivity index is 1.94. The van der Waals surface area contributed by atoms with Gasteiger partial charge >= 0.3 is 5.97 Å². The van der Waals surface area contributed by atoms with Gasteiger partial charge in [0, 0.05) is 30.4 Å². The van der Waals surface area contributed by atoms with Crippen LogP contribution in [0.2, 0.25) is 0 Å². The lowest BCUT2D eigenvalue weighted by atomic mass is 9.95. The number of primary amides is 1. The van der Waals surface area contributed by atoms with Crippen molar-refractivity contribution in [2.24, 2.45) is 16.6 Å². The number of amides is 1. The summed E-state index contributed by atoms with van der Waals surface area (Å²) in [6.07, 6.45) is -0.227. The Morgan fingerprint density at radius 1 is 1.00 bits per heavy atom. The maximum atomic E-state index is 12.6. The molecule has 0 aliphatic rings. The first-order valence-corrected chi connectivity index (χ1v) is 10.2. The van der Waals surface area contributed by atoms with Crippen LogP contribution in [0.1, 0.15) is 42.1 Å². The molecule has 2 atom stereocenters. The van der Waals surface area contributed by atoms with Crippen LogP contribution in [0.25, 0.3) is 0 Å². The Bertz CT molecular complexity index is 1130. The summed E-state index contributed by atoms with van der Waals surface area (Å²) >= 11 is 0. The number of hydrogen-bond acceptors (Lipinski definition) is 8. The fraction of sp³-hybridized carbons (Fsp3) is 0.250. The van der Waals surface area contributed by atoms with Crippen LogP contribution in [-0.4, -0.2) is 46.4 Å². The topological polar surface area (TPSA) is 177 Å². The Hall–Kier alpha value is -4.43. The van der Waals surface area contributed by atoms with Crippen molar-refractivity contribution in [3.63, 3.8) is 0 Å². The van der Waals surface area contributed by atoms with Gasteiger partial charge in [-0.15, -0.1) is 0 Å². The first-order valence-electron chi connectivity index (χ1n) is 10.2. The molecule has 0 aliphatic carbocycles. The van der Waals surface area contributed by atoms with E-state index in [1.165, 1.54) is 18.2 Å². The van der Waals surface area contributed by atoms with Crippen LogP contribution >= 0.6 is 0 Å². The molecule has 0 aromatic heterocycles. The van der Waals surface area contributed by atoms with Gasteiger partial charge in [-0.2, -0.15) is 4.99 Å². The van der Waals surface area contributed by atoms with E-state index in [0.717, 1.165) is 0 Å². The van der Waals surface area contributed by atoms with E-state index < -0.39 is 48.2 Å². The minimum absolute atomic E-state index is 0.169. The number of benzene rings is 2. The number of ketones is 2. The lowest BCUT2D eigenvalue weighted by Crippen LogP contribution is -2.29. The summed E-state index contributed by atoms with van der Waals surface area (Å²) in [6, 6.07) is 12.4. The molecule has 0 saturated carbocycles. The van der Waals surface area contributed by atoms with Crippen LogP contribution < -0.4 is 10.5 Å². The third-order valence-corrected chi connectivity index (χ3v) is 4.81. The molecule has 0 bridgehead atoms. The maximum Gasteiger partial charge on any atom is 0.307 e. The Kier molecular flexibility index (Phi) is 9.10. The molecule has 34 heavy (non-hydrogen) atoms. The summed E-state index contributed by atoms with van der Waals surface area (Å²) in [6.45, 7) is 1.62. The van der Waals surface area contributed by atoms with E-state index in [9.17, 15) is 24.0 Å². The highest BCUT2D eigenvalue weighted by molar-refractivity contribution is 6.39. The average molecular weight is 465 g/mol. The van der Waals surface area contributed by atoms with E-state index in [0.29, 0.717) is 22.6 Å². The monoisotopic (exact) mass is 465 g/mol. The summed E-state index contributed by atoms with van der Waals surface area (Å²) in [5.74, 6) is -3.80. The number of aliphatic carboxylic acids is 1. The second kappa shape index (κ2) is 12.0. The smallest absolute Gasteiger partial charge is 0.307 e. The number of ether oxygens (including phenoxy) is 1. The minimum atomic E-state index is -1.30. The number of nitrogens with one attached hydrogen (secondary N) is 1. The predicted octanol–water partition coefficient (Wildman–Crippen LogP) is 2.60. The van der Waals surface area contributed by atoms with Crippen LogP contribution in [0.3, 0.4) is 0 Å². The number of rotatable bonds is 13. The molecular weight excluding hydrogens is 442 g/mol. The number of hydrogen-bond donors (Lipinski definition) is 3. The zero-order chi connectivity index (χ0) is 25.3. The van der Waals surface area contributed by atoms with Gasteiger partial charge in [0.15, 0.2) is 11.6 Å². The van der Waals surface area contributed by atoms with E-state index in [-0.39, 0.29) is 12.2 Å². The molecule has 0 saturated heterocycles. The molecule has 2 aromatic carbocycles. The first-order chi connectivity index (χ1) is 16.1. The highest BCUT2D eigenvalue weighted by atomic mass is 16.5. The van der Waals surface area contributed by atoms with Crippen LogP contribution in [0.5, 0.6) is 5.75 Å². The molecule has 0 radical (unpaired) electrons. The zero-order valence-corrected chi connectivity index (χ0v) is 18.3. The van der Waals surface area contributed by atoms with Crippen LogP contribution in [0.4, 0.5) is 5.69 Å². The number of carboxylic acid groups (broad SMARTS) is 1. The maximum absolute atomic E-state index is 12.6. The summed E-state index contributed by atoms with van der Waals surface area (Å²) in [5.41, 5.74) is 5.79. The van der Waals surface area contributed by atoms with Crippen molar-refractivity contribution in [1.82, 2.24) is 0 Å². The molecular formula is C24H23N3O7. The molecule has 0 fully saturated rings. The van der Waals surface area contributed by atoms with E-state index in [4.69, 9.17) is 21.0 Å². The normalized spacial score (nSPS) is 12.0. The van der Waals surface area contributed by atoms with Gasteiger partial charge in [0.2, 0.25) is 12.0 Å². The van der Waals surface area contributed by atoms with Crippen LogP contribution in [-0.2, 0) is 19.2 Å². The van der Waals surface area contributed by atoms with Crippen molar-refractivity contribution >= 4 is 40.9 Å². The van der Waals surface area contributed by atoms with Crippen molar-refractivity contribution in [1.29, 1.82) is 5.41 Å². The number of nitrogens with zero attached hydrogens (tertiary/aromatic N) is 1. The minimum Gasteiger partial charge on any atom is -0.490 e. The SMILES string of the molecule is CC(CC(=O)C(=N)CC(CC(N)=O)C(=O)O)Oc1ccc(C(=O)c2ccc(N=C=O)cc2)cc1. The van der Waals surface area contributed by atoms with E-state index in [1.54, 1.807) is 43.3 Å². The summed E-state index contributed by atoms with van der Waals surface area (Å²) < 4.78 is 5.67. The predicted molar refractivity (Wildman–Crippen MR) is 121 cm³/mol. The van der Waals surface area contributed by atoms with E-state index in [1.807, 2.05) is 0 Å². The lowest BCUT2D eigenvalue weighted by Gasteiger charge is -2.16. The van der Waals surface area contributed by atoms with Gasteiger partial charge in [-0.05, 0) is 55.5 Å². The highest BCUT2D eigenvalue weighted by Gasteiger charge is 2.25. The molecule has 0 spiro atoms. The van der Waals surface area contributed by atoms with Crippen molar-refractivity contribution in [2.75, 3.05) is 0 Å². The number of Topliss-reactive ketones (excluding diaryl/α,β-unsaturated/α-hetero) is 1. The summed E-state index contributed by atoms with van der Waals surface area (Å²) in [5, 5.41) is 17.0. The second-order valence-corrected chi connectivity index (χ2v) is 7.55. The zero-order valence-electron chi connectivity index (χ0n) is 18.3. The summed E-state index contributed by atoms with van der Waals surface area (Å²) in [7, 11) is 0. The molecule has 2 aromatic rings. The van der Waals surface area contributed by atoms with Crippen molar-refractivity contribution < 1.29 is 33.8 Å². The van der Waals surface area contributed by atoms with Crippen molar-refractivity contribution in [3.05, 3.63) is 59.7 Å². The first kappa shape index (κ1) is 25.8. The number of isocyanates is 1. The molecule has 10 nitrogen and oxygen atoms in total. The van der Waals surface area contributed by atoms with Crippen LogP contribution in [0, 0.1) is 11.3 Å². The molecule has 0 heterocycles. The van der Waals surface area contributed by atoms with Gasteiger partial charge < -0.3 is 21.0 Å². The Morgan fingerprint density at radius 3 is 2.06 bits per heavy atom. The molecule has 2 rings (SSSR count). The standard InChI is InChI=1S/C24H23N3O7/c1-14(10-21(29)20(25)11-17(24(32)33)12-22(26)30)34-19-8-4-16(5-9-19)23(31)15-2-6-18(7-3-15)27-13-28/h2-9,14,17,25H,10-12H2,1H3,(H2,26,30)(H,32,33). The molecule has 176 valence electrons. The number of carbonyl (C=O) groups excluding carboxylic acids is 4. The number of nitrogens with two attached hydrogens (primary N) is 1. The number of carboxylic acids is 1. The summed E-state index contributed by atoms with van der Waals surface area (Å²) in [4.78, 5) is 60.8. The largest absolute Gasteiger partial charge is 0.490 e. The highest BCUT2D eigenvalue weighted by Crippen LogP contribution is 2.20. The van der Waals surface area contributed by atoms with Gasteiger partial charge in [-0.25, -0.2) is 4.79 Å². The Labute approximate surface area is 195 Å². The van der Waals surface area contributed by atoms with Crippen molar-refractivity contribution in [3.8, 4) is 5.75 Å². The lowest BCUT2D eigenvalue weighted by molar-refractivity contribution is -0.143. The molecule has 10 heteroatoms. The average Bonchev–Trinajstić information content (AvgIpc) is 2.79. The number of carbonyl (C=O) groups is 4. The van der Waals surface area contributed by atoms with Gasteiger partial charge in [-0.3, -0.25) is 19.2 Å². The third kappa shape index (κ3) is 7.61. The van der Waals surface area contributed by atoms with Crippen LogP contribution in [0.15, 0.2) is 53.5 Å². The molecule has 2 unspecified atom stereocenters. The quantitative estimate of drug-likeness (QED) is 0.231. The Morgan fingerprint density at radius 2 is 1.56 bits per heavy atom. The van der Waals surface area contributed by atoms with Gasteiger partial charge in [0.05, 0.1) is 17.3 Å². The molecule has 0 aliphatic heterocycles. The molecule has 4 N–H and O–H groups in total. The fourth-order valence-corrected chi connectivity index (χ4v) is 3.10. The second-order valence-electron chi connectivity index (χ2n) is 7.55. The van der Waals surface area contributed by atoms with Gasteiger partial charge in [0.1, 0.15) is 11.9 Å².